The monoisotopic (exact) mass is 430 g/mol. The van der Waals surface area contributed by atoms with Crippen molar-refractivity contribution in [3.8, 4) is 0 Å². The second-order valence-electron chi connectivity index (χ2n) is 6.94. The first-order valence-corrected chi connectivity index (χ1v) is 9.22. The van der Waals surface area contributed by atoms with Crippen molar-refractivity contribution in [2.24, 2.45) is 7.05 Å². The van der Waals surface area contributed by atoms with E-state index in [1.165, 1.54) is 6.20 Å². The van der Waals surface area contributed by atoms with Gasteiger partial charge in [0.1, 0.15) is 13.1 Å². The Labute approximate surface area is 173 Å². The van der Waals surface area contributed by atoms with Crippen LogP contribution in [0.3, 0.4) is 0 Å². The lowest BCUT2D eigenvalue weighted by Gasteiger charge is -2.13. The van der Waals surface area contributed by atoms with Crippen LogP contribution in [-0.4, -0.2) is 38.0 Å². The smallest absolute Gasteiger partial charge is 0.354 e. The number of alkyl halides is 3. The van der Waals surface area contributed by atoms with Gasteiger partial charge >= 0.3 is 6.18 Å². The number of pyridine rings is 2. The van der Waals surface area contributed by atoms with Gasteiger partial charge in [-0.05, 0) is 23.6 Å². The molecular weight excluding hydrogens is 413 g/mol. The van der Waals surface area contributed by atoms with Crippen LogP contribution in [0.1, 0.15) is 0 Å². The average Bonchev–Trinajstić information content (AvgIpc) is 3.08. The molecule has 1 amide bonds. The highest BCUT2D eigenvalue weighted by atomic mass is 19.4. The summed E-state index contributed by atoms with van der Waals surface area (Å²) in [6, 6.07) is 8.66. The number of rotatable bonds is 5. The topological polar surface area (TPSA) is 93.8 Å². The SMILES string of the molecule is Cn1ncc2cc(Nc3cccc4ccn(CC(=O)NCC(F)(F)F)c(=O)c34)cnc21. The lowest BCUT2D eigenvalue weighted by Crippen LogP contribution is -2.37. The summed E-state index contributed by atoms with van der Waals surface area (Å²) in [6.07, 6.45) is 0.132. The first-order chi connectivity index (χ1) is 14.7. The van der Waals surface area contributed by atoms with Crippen LogP contribution in [0.2, 0.25) is 0 Å². The van der Waals surface area contributed by atoms with Gasteiger partial charge in [0.15, 0.2) is 5.65 Å². The second kappa shape index (κ2) is 7.74. The molecule has 0 bridgehead atoms. The fourth-order valence-electron chi connectivity index (χ4n) is 3.23. The summed E-state index contributed by atoms with van der Waals surface area (Å²) in [6.45, 7) is -1.98. The van der Waals surface area contributed by atoms with E-state index >= 15 is 0 Å². The highest BCUT2D eigenvalue weighted by molar-refractivity contribution is 5.95. The lowest BCUT2D eigenvalue weighted by molar-refractivity contribution is -0.138. The largest absolute Gasteiger partial charge is 0.405 e. The number of hydrogen-bond donors (Lipinski definition) is 2. The zero-order valence-corrected chi connectivity index (χ0v) is 16.3. The number of hydrogen-bond acceptors (Lipinski definition) is 5. The Hall–Kier alpha value is -3.89. The number of nitrogens with zero attached hydrogens (tertiary/aromatic N) is 4. The van der Waals surface area contributed by atoms with E-state index in [1.54, 1.807) is 53.7 Å². The second-order valence-corrected chi connectivity index (χ2v) is 6.94. The number of carbonyl (C=O) groups is 1. The predicted octanol–water partition coefficient (Wildman–Crippen LogP) is 2.71. The molecule has 0 radical (unpaired) electrons. The first-order valence-electron chi connectivity index (χ1n) is 9.22. The number of aryl methyl sites for hydroxylation is 1. The number of aromatic nitrogens is 4. The zero-order valence-electron chi connectivity index (χ0n) is 16.3. The van der Waals surface area contributed by atoms with Gasteiger partial charge in [0.25, 0.3) is 5.56 Å². The van der Waals surface area contributed by atoms with Gasteiger partial charge in [0, 0.05) is 18.6 Å². The Morgan fingerprint density at radius 2 is 1.97 bits per heavy atom. The minimum absolute atomic E-state index is 0.305. The van der Waals surface area contributed by atoms with Crippen LogP contribution in [0.4, 0.5) is 24.5 Å². The van der Waals surface area contributed by atoms with Gasteiger partial charge < -0.3 is 15.2 Å². The van der Waals surface area contributed by atoms with Gasteiger partial charge in [-0.15, -0.1) is 0 Å². The van der Waals surface area contributed by atoms with Gasteiger partial charge in [-0.1, -0.05) is 12.1 Å². The molecule has 31 heavy (non-hydrogen) atoms. The van der Waals surface area contributed by atoms with Gasteiger partial charge in [-0.2, -0.15) is 18.3 Å². The van der Waals surface area contributed by atoms with Gasteiger partial charge in [-0.3, -0.25) is 14.3 Å². The molecule has 0 aliphatic heterocycles. The number of fused-ring (bicyclic) bond motifs is 2. The fraction of sp³-hybridized carbons (Fsp3) is 0.200. The summed E-state index contributed by atoms with van der Waals surface area (Å²) in [5.41, 5.74) is 1.32. The maximum atomic E-state index is 13.0. The van der Waals surface area contributed by atoms with Crippen LogP contribution in [0, 0.1) is 0 Å². The van der Waals surface area contributed by atoms with Crippen LogP contribution in [0.15, 0.2) is 53.7 Å². The van der Waals surface area contributed by atoms with E-state index in [1.807, 2.05) is 6.07 Å². The Balaban J connectivity index is 1.65. The van der Waals surface area contributed by atoms with Crippen LogP contribution < -0.4 is 16.2 Å². The van der Waals surface area contributed by atoms with E-state index in [0.717, 1.165) is 9.95 Å². The highest BCUT2D eigenvalue weighted by Crippen LogP contribution is 2.25. The van der Waals surface area contributed by atoms with Crippen molar-refractivity contribution in [2.75, 3.05) is 11.9 Å². The van der Waals surface area contributed by atoms with Crippen LogP contribution in [-0.2, 0) is 18.4 Å². The van der Waals surface area contributed by atoms with Crippen molar-refractivity contribution in [1.29, 1.82) is 0 Å². The fourth-order valence-corrected chi connectivity index (χ4v) is 3.23. The minimum Gasteiger partial charge on any atom is -0.354 e. The molecule has 0 saturated heterocycles. The lowest BCUT2D eigenvalue weighted by atomic mass is 10.1. The molecule has 0 saturated carbocycles. The van der Waals surface area contributed by atoms with Crippen molar-refractivity contribution in [3.05, 3.63) is 59.3 Å². The molecule has 4 aromatic rings. The summed E-state index contributed by atoms with van der Waals surface area (Å²) in [5.74, 6) is -0.907. The number of benzene rings is 1. The summed E-state index contributed by atoms with van der Waals surface area (Å²) >= 11 is 0. The van der Waals surface area contributed by atoms with E-state index in [9.17, 15) is 22.8 Å². The van der Waals surface area contributed by atoms with Gasteiger partial charge in [0.05, 0.1) is 29.2 Å². The van der Waals surface area contributed by atoms with Crippen molar-refractivity contribution >= 4 is 39.1 Å². The predicted molar refractivity (Wildman–Crippen MR) is 109 cm³/mol. The summed E-state index contributed by atoms with van der Waals surface area (Å²) in [5, 5.41) is 10.8. The zero-order chi connectivity index (χ0) is 22.2. The molecule has 1 aromatic carbocycles. The number of anilines is 2. The Kier molecular flexibility index (Phi) is 5.09. The molecule has 2 N–H and O–H groups in total. The van der Waals surface area contributed by atoms with E-state index < -0.39 is 30.7 Å². The number of amides is 1. The minimum atomic E-state index is -4.52. The molecule has 8 nitrogen and oxygen atoms in total. The molecule has 160 valence electrons. The van der Waals surface area contributed by atoms with Gasteiger partial charge in [0.2, 0.25) is 5.91 Å². The summed E-state index contributed by atoms with van der Waals surface area (Å²) in [7, 11) is 1.78. The van der Waals surface area contributed by atoms with Crippen molar-refractivity contribution in [3.63, 3.8) is 0 Å². The summed E-state index contributed by atoms with van der Waals surface area (Å²) < 4.78 is 39.6. The highest BCUT2D eigenvalue weighted by Gasteiger charge is 2.27. The maximum Gasteiger partial charge on any atom is 0.405 e. The Morgan fingerprint density at radius 3 is 2.74 bits per heavy atom. The summed E-state index contributed by atoms with van der Waals surface area (Å²) in [4.78, 5) is 29.2. The van der Waals surface area contributed by atoms with Crippen LogP contribution >= 0.6 is 0 Å². The Morgan fingerprint density at radius 1 is 1.16 bits per heavy atom. The van der Waals surface area contributed by atoms with Crippen molar-refractivity contribution < 1.29 is 18.0 Å². The molecule has 0 spiro atoms. The molecule has 0 fully saturated rings. The molecule has 3 heterocycles. The molecule has 3 aromatic heterocycles. The van der Waals surface area contributed by atoms with E-state index in [0.29, 0.717) is 27.8 Å². The van der Waals surface area contributed by atoms with Crippen molar-refractivity contribution in [2.45, 2.75) is 12.7 Å². The first kappa shape index (κ1) is 20.4. The van der Waals surface area contributed by atoms with Gasteiger partial charge in [-0.25, -0.2) is 4.98 Å². The third kappa shape index (κ3) is 4.34. The normalized spacial score (nSPS) is 11.7. The van der Waals surface area contributed by atoms with Crippen molar-refractivity contribution in [1.82, 2.24) is 24.6 Å². The van der Waals surface area contributed by atoms with E-state index in [-0.39, 0.29) is 0 Å². The molecule has 0 atom stereocenters. The van der Waals surface area contributed by atoms with E-state index in [2.05, 4.69) is 15.4 Å². The number of nitrogens with one attached hydrogen (secondary N) is 2. The third-order valence-corrected chi connectivity index (χ3v) is 4.66. The molecule has 0 aliphatic rings. The van der Waals surface area contributed by atoms with Crippen LogP contribution in [0.5, 0.6) is 0 Å². The van der Waals surface area contributed by atoms with Crippen LogP contribution in [0.25, 0.3) is 21.8 Å². The number of carbonyl (C=O) groups excluding carboxylic acids is 1. The Bertz CT molecular complexity index is 1340. The maximum absolute atomic E-state index is 13.0. The quantitative estimate of drug-likeness (QED) is 0.508. The number of halogens is 3. The molecule has 4 rings (SSSR count). The third-order valence-electron chi connectivity index (χ3n) is 4.66. The molecular formula is C20H17F3N6O2. The van der Waals surface area contributed by atoms with E-state index in [4.69, 9.17) is 0 Å². The average molecular weight is 430 g/mol. The standard InChI is InChI=1S/C20H17F3N6O2/c1-28-18-13(8-26-28)7-14(9-24-18)27-15-4-2-3-12-5-6-29(19(31)17(12)15)10-16(30)25-11-20(21,22)23/h2-9,27H,10-11H2,1H3,(H,25,30). The molecule has 0 unspecified atom stereocenters. The molecule has 11 heteroatoms. The molecule has 0 aliphatic carbocycles.